The van der Waals surface area contributed by atoms with Gasteiger partial charge in [-0.15, -0.1) is 5.10 Å². The Bertz CT molecular complexity index is 519. The third kappa shape index (κ3) is 2.85. The van der Waals surface area contributed by atoms with Gasteiger partial charge in [-0.1, -0.05) is 23.3 Å². The van der Waals surface area contributed by atoms with E-state index in [9.17, 15) is 0 Å². The maximum absolute atomic E-state index is 5.41. The van der Waals surface area contributed by atoms with E-state index in [1.165, 1.54) is 5.69 Å². The van der Waals surface area contributed by atoms with Crippen LogP contribution in [-0.4, -0.2) is 41.3 Å². The van der Waals surface area contributed by atoms with Crippen molar-refractivity contribution in [1.82, 2.24) is 15.1 Å². The van der Waals surface area contributed by atoms with Gasteiger partial charge < -0.3 is 15.1 Å². The smallest absolute Gasteiger partial charge is 0.312 e. The number of nitrogens with two attached hydrogens (primary N) is 1. The predicted octanol–water partition coefficient (Wildman–Crippen LogP) is 0.974. The summed E-state index contributed by atoms with van der Waals surface area (Å²) >= 11 is 0. The monoisotopic (exact) mass is 259 g/mol. The van der Waals surface area contributed by atoms with E-state index in [-0.39, 0.29) is 6.01 Å². The number of anilines is 2. The number of nitrogen functional groups attached to an aromatic ring is 1. The average molecular weight is 259 g/mol. The topological polar surface area (TPSA) is 71.4 Å². The molecule has 2 heterocycles. The highest BCUT2D eigenvalue weighted by atomic mass is 16.4. The summed E-state index contributed by atoms with van der Waals surface area (Å²) in [4.78, 5) is 4.69. The van der Waals surface area contributed by atoms with Gasteiger partial charge in [0, 0.05) is 31.9 Å². The zero-order valence-corrected chi connectivity index (χ0v) is 10.7. The molecule has 3 rings (SSSR count). The lowest BCUT2D eigenvalue weighted by molar-refractivity contribution is 0.227. The fourth-order valence-corrected chi connectivity index (χ4v) is 2.32. The van der Waals surface area contributed by atoms with Crippen molar-refractivity contribution in [2.24, 2.45) is 0 Å². The van der Waals surface area contributed by atoms with Crippen LogP contribution >= 0.6 is 0 Å². The van der Waals surface area contributed by atoms with Crippen molar-refractivity contribution in [3.05, 3.63) is 36.2 Å². The first kappa shape index (κ1) is 12.0. The minimum atomic E-state index is 0.137. The Morgan fingerprint density at radius 1 is 1.05 bits per heavy atom. The zero-order valence-electron chi connectivity index (χ0n) is 10.7. The lowest BCUT2D eigenvalue weighted by atomic mass is 10.2. The molecule has 0 bridgehead atoms. The molecule has 1 aromatic carbocycles. The third-order valence-corrected chi connectivity index (χ3v) is 3.33. The zero-order chi connectivity index (χ0) is 13.1. The molecule has 6 nitrogen and oxygen atoms in total. The molecule has 1 fully saturated rings. The molecule has 0 radical (unpaired) electrons. The molecule has 0 saturated carbocycles. The van der Waals surface area contributed by atoms with Gasteiger partial charge in [0.15, 0.2) is 0 Å². The maximum Gasteiger partial charge on any atom is 0.312 e. The molecule has 1 aliphatic heterocycles. The van der Waals surface area contributed by atoms with Crippen LogP contribution in [0.4, 0.5) is 11.7 Å². The minimum absolute atomic E-state index is 0.137. The summed E-state index contributed by atoms with van der Waals surface area (Å²) in [5, 5.41) is 7.56. The second kappa shape index (κ2) is 5.27. The second-order valence-corrected chi connectivity index (χ2v) is 4.63. The van der Waals surface area contributed by atoms with Gasteiger partial charge in [-0.3, -0.25) is 4.90 Å². The summed E-state index contributed by atoms with van der Waals surface area (Å²) < 4.78 is 5.20. The van der Waals surface area contributed by atoms with Gasteiger partial charge in [0.1, 0.15) is 0 Å². The van der Waals surface area contributed by atoms with E-state index < -0.39 is 0 Å². The first-order valence-corrected chi connectivity index (χ1v) is 6.41. The molecule has 1 aromatic heterocycles. The van der Waals surface area contributed by atoms with Crippen LogP contribution in [0.3, 0.4) is 0 Å². The average Bonchev–Trinajstić information content (AvgIpc) is 2.86. The van der Waals surface area contributed by atoms with Crippen molar-refractivity contribution in [2.45, 2.75) is 6.54 Å². The number of rotatable bonds is 3. The summed E-state index contributed by atoms with van der Waals surface area (Å²) in [6, 6.07) is 10.6. The van der Waals surface area contributed by atoms with Gasteiger partial charge in [0.05, 0.1) is 6.54 Å². The van der Waals surface area contributed by atoms with Gasteiger partial charge in [0.2, 0.25) is 5.89 Å². The molecule has 2 N–H and O–H groups in total. The van der Waals surface area contributed by atoms with Crippen LogP contribution in [0.1, 0.15) is 5.89 Å². The van der Waals surface area contributed by atoms with Crippen molar-refractivity contribution < 1.29 is 4.42 Å². The van der Waals surface area contributed by atoms with E-state index in [1.54, 1.807) is 0 Å². The van der Waals surface area contributed by atoms with Crippen molar-refractivity contribution in [3.63, 3.8) is 0 Å². The van der Waals surface area contributed by atoms with Gasteiger partial charge in [-0.05, 0) is 12.1 Å². The highest BCUT2D eigenvalue weighted by Crippen LogP contribution is 2.16. The van der Waals surface area contributed by atoms with E-state index in [0.29, 0.717) is 12.4 Å². The van der Waals surface area contributed by atoms with Crippen molar-refractivity contribution in [1.29, 1.82) is 0 Å². The molecule has 6 heteroatoms. The summed E-state index contributed by atoms with van der Waals surface area (Å²) in [5.41, 5.74) is 6.70. The largest absolute Gasteiger partial charge is 0.407 e. The van der Waals surface area contributed by atoms with Gasteiger partial charge in [0.25, 0.3) is 0 Å². The molecular formula is C13H17N5O. The summed E-state index contributed by atoms with van der Waals surface area (Å²) in [6.07, 6.45) is 0. The first-order valence-electron chi connectivity index (χ1n) is 6.41. The first-order chi connectivity index (χ1) is 9.31. The van der Waals surface area contributed by atoms with E-state index in [1.807, 2.05) is 6.07 Å². The van der Waals surface area contributed by atoms with Gasteiger partial charge in [-0.2, -0.15) is 0 Å². The molecule has 2 aromatic rings. The van der Waals surface area contributed by atoms with Crippen LogP contribution in [0.5, 0.6) is 0 Å². The Labute approximate surface area is 111 Å². The Kier molecular flexibility index (Phi) is 3.33. The Balaban J connectivity index is 1.55. The fourth-order valence-electron chi connectivity index (χ4n) is 2.32. The number of hydrogen-bond donors (Lipinski definition) is 1. The Hall–Kier alpha value is -2.08. The van der Waals surface area contributed by atoms with Crippen LogP contribution in [0.25, 0.3) is 0 Å². The lowest BCUT2D eigenvalue weighted by Crippen LogP contribution is -2.46. The van der Waals surface area contributed by atoms with Crippen LogP contribution in [0, 0.1) is 0 Å². The van der Waals surface area contributed by atoms with E-state index in [4.69, 9.17) is 10.2 Å². The molecule has 0 atom stereocenters. The van der Waals surface area contributed by atoms with Gasteiger partial charge >= 0.3 is 6.01 Å². The van der Waals surface area contributed by atoms with Crippen molar-refractivity contribution >= 4 is 11.7 Å². The molecule has 0 spiro atoms. The number of benzene rings is 1. The SMILES string of the molecule is Nc1nnc(CN2CCN(c3ccccc3)CC2)o1. The molecular weight excluding hydrogens is 242 g/mol. The van der Waals surface area contributed by atoms with Gasteiger partial charge in [-0.25, -0.2) is 0 Å². The summed E-state index contributed by atoms with van der Waals surface area (Å²) in [7, 11) is 0. The van der Waals surface area contributed by atoms with E-state index in [2.05, 4.69) is 44.3 Å². The lowest BCUT2D eigenvalue weighted by Gasteiger charge is -2.35. The second-order valence-electron chi connectivity index (χ2n) is 4.63. The van der Waals surface area contributed by atoms with Crippen molar-refractivity contribution in [2.75, 3.05) is 36.8 Å². The third-order valence-electron chi connectivity index (χ3n) is 3.33. The van der Waals surface area contributed by atoms with Crippen LogP contribution in [0.2, 0.25) is 0 Å². The standard InChI is InChI=1S/C13H17N5O/c14-13-16-15-12(19-13)10-17-6-8-18(9-7-17)11-4-2-1-3-5-11/h1-5H,6-10H2,(H2,14,16). The van der Waals surface area contributed by atoms with Crippen LogP contribution in [0.15, 0.2) is 34.7 Å². The highest BCUT2D eigenvalue weighted by Gasteiger charge is 2.18. The number of para-hydroxylation sites is 1. The predicted molar refractivity (Wildman–Crippen MR) is 72.6 cm³/mol. The highest BCUT2D eigenvalue weighted by molar-refractivity contribution is 5.46. The molecule has 0 amide bonds. The van der Waals surface area contributed by atoms with Crippen molar-refractivity contribution in [3.8, 4) is 0 Å². The molecule has 0 unspecified atom stereocenters. The maximum atomic E-state index is 5.41. The van der Waals surface area contributed by atoms with E-state index >= 15 is 0 Å². The number of nitrogens with zero attached hydrogens (tertiary/aromatic N) is 4. The molecule has 100 valence electrons. The van der Waals surface area contributed by atoms with Crippen LogP contribution in [-0.2, 0) is 6.54 Å². The quantitative estimate of drug-likeness (QED) is 0.885. The fraction of sp³-hybridized carbons (Fsp3) is 0.385. The normalized spacial score (nSPS) is 16.7. The molecule has 19 heavy (non-hydrogen) atoms. The summed E-state index contributed by atoms with van der Waals surface area (Å²) in [5.74, 6) is 0.589. The molecule has 0 aliphatic carbocycles. The number of aromatic nitrogens is 2. The molecule has 1 saturated heterocycles. The van der Waals surface area contributed by atoms with Crippen LogP contribution < -0.4 is 10.6 Å². The molecule has 1 aliphatic rings. The number of piperazine rings is 1. The summed E-state index contributed by atoms with van der Waals surface area (Å²) in [6.45, 7) is 4.66. The minimum Gasteiger partial charge on any atom is -0.407 e. The van der Waals surface area contributed by atoms with E-state index in [0.717, 1.165) is 26.2 Å². The Morgan fingerprint density at radius 2 is 1.79 bits per heavy atom. The number of hydrogen-bond acceptors (Lipinski definition) is 6. The Morgan fingerprint density at radius 3 is 2.42 bits per heavy atom.